The van der Waals surface area contributed by atoms with Gasteiger partial charge in [0, 0.05) is 6.08 Å². The molecule has 1 aromatic carbocycles. The molecule has 1 amide bonds. The number of amides is 1. The van der Waals surface area contributed by atoms with Crippen molar-refractivity contribution in [2.75, 3.05) is 0 Å². The van der Waals surface area contributed by atoms with Gasteiger partial charge in [-0.05, 0) is 30.0 Å². The molecule has 4 heteroatoms. The molecule has 19 heavy (non-hydrogen) atoms. The Labute approximate surface area is 113 Å². The standard InChI is InChI=1S/C15H19NO3/c1-3-11-5-7-12(8-6-11)9-10-14(17)16-13(4-2)15(18)19/h5-10,13H,3-4H2,1-2H3,(H,16,17)(H,18,19)/b10-9+/t13-/m0/s1. The molecule has 102 valence electrons. The minimum absolute atomic E-state index is 0.361. The summed E-state index contributed by atoms with van der Waals surface area (Å²) in [5.41, 5.74) is 2.15. The van der Waals surface area contributed by atoms with E-state index in [1.807, 2.05) is 24.3 Å². The van der Waals surface area contributed by atoms with E-state index in [-0.39, 0.29) is 0 Å². The van der Waals surface area contributed by atoms with Gasteiger partial charge in [-0.1, -0.05) is 38.1 Å². The smallest absolute Gasteiger partial charge is 0.326 e. The molecule has 0 aromatic heterocycles. The van der Waals surface area contributed by atoms with E-state index >= 15 is 0 Å². The maximum atomic E-state index is 11.6. The first-order chi connectivity index (χ1) is 9.06. The summed E-state index contributed by atoms with van der Waals surface area (Å²) in [6, 6.07) is 7.03. The van der Waals surface area contributed by atoms with E-state index in [1.165, 1.54) is 11.6 Å². The summed E-state index contributed by atoms with van der Waals surface area (Å²) in [4.78, 5) is 22.3. The molecule has 0 aliphatic rings. The largest absolute Gasteiger partial charge is 0.480 e. The summed E-state index contributed by atoms with van der Waals surface area (Å²) in [6.45, 7) is 3.79. The highest BCUT2D eigenvalue weighted by atomic mass is 16.4. The van der Waals surface area contributed by atoms with Gasteiger partial charge >= 0.3 is 5.97 Å². The Bertz CT molecular complexity index is 463. The zero-order valence-electron chi connectivity index (χ0n) is 11.2. The van der Waals surface area contributed by atoms with Gasteiger partial charge in [-0.25, -0.2) is 4.79 Å². The fraction of sp³-hybridized carbons (Fsp3) is 0.333. The normalized spacial score (nSPS) is 12.3. The average molecular weight is 261 g/mol. The SMILES string of the molecule is CCc1ccc(/C=C/C(=O)N[C@@H](CC)C(=O)O)cc1. The van der Waals surface area contributed by atoms with Gasteiger partial charge in [0.1, 0.15) is 6.04 Å². The number of rotatable bonds is 6. The molecule has 0 saturated carbocycles. The Morgan fingerprint density at radius 3 is 2.37 bits per heavy atom. The maximum Gasteiger partial charge on any atom is 0.326 e. The zero-order chi connectivity index (χ0) is 14.3. The van der Waals surface area contributed by atoms with Crippen LogP contribution in [0, 0.1) is 0 Å². The number of carboxylic acids is 1. The lowest BCUT2D eigenvalue weighted by Gasteiger charge is -2.09. The second kappa shape index (κ2) is 7.36. The van der Waals surface area contributed by atoms with Gasteiger partial charge in [0.2, 0.25) is 5.91 Å². The van der Waals surface area contributed by atoms with Crippen LogP contribution in [0.25, 0.3) is 6.08 Å². The van der Waals surface area contributed by atoms with Crippen molar-refractivity contribution in [1.82, 2.24) is 5.32 Å². The minimum Gasteiger partial charge on any atom is -0.480 e. The van der Waals surface area contributed by atoms with Gasteiger partial charge < -0.3 is 10.4 Å². The molecule has 0 unspecified atom stereocenters. The van der Waals surface area contributed by atoms with Crippen LogP contribution in [0.4, 0.5) is 0 Å². The van der Waals surface area contributed by atoms with Crippen LogP contribution in [-0.4, -0.2) is 23.0 Å². The van der Waals surface area contributed by atoms with Crippen molar-refractivity contribution in [3.05, 3.63) is 41.5 Å². The lowest BCUT2D eigenvalue weighted by atomic mass is 10.1. The van der Waals surface area contributed by atoms with Crippen molar-refractivity contribution in [2.45, 2.75) is 32.7 Å². The predicted octanol–water partition coefficient (Wildman–Crippen LogP) is 2.24. The fourth-order valence-electron chi connectivity index (χ4n) is 1.59. The second-order valence-corrected chi connectivity index (χ2v) is 4.24. The molecular formula is C15H19NO3. The highest BCUT2D eigenvalue weighted by Crippen LogP contribution is 2.06. The average Bonchev–Trinajstić information content (AvgIpc) is 2.42. The number of aliphatic carboxylic acids is 1. The van der Waals surface area contributed by atoms with Crippen molar-refractivity contribution in [3.63, 3.8) is 0 Å². The van der Waals surface area contributed by atoms with Gasteiger partial charge in [0.15, 0.2) is 0 Å². The molecule has 0 radical (unpaired) electrons. The molecule has 0 spiro atoms. The Kier molecular flexibility index (Phi) is 5.79. The van der Waals surface area contributed by atoms with Gasteiger partial charge in [0.05, 0.1) is 0 Å². The van der Waals surface area contributed by atoms with E-state index in [2.05, 4.69) is 12.2 Å². The molecule has 0 saturated heterocycles. The minimum atomic E-state index is -1.02. The van der Waals surface area contributed by atoms with Crippen molar-refractivity contribution < 1.29 is 14.7 Å². The van der Waals surface area contributed by atoms with Crippen LogP contribution >= 0.6 is 0 Å². The van der Waals surface area contributed by atoms with Crippen LogP contribution in [0.3, 0.4) is 0 Å². The number of aryl methyl sites for hydroxylation is 1. The monoisotopic (exact) mass is 261 g/mol. The third-order valence-corrected chi connectivity index (χ3v) is 2.84. The fourth-order valence-corrected chi connectivity index (χ4v) is 1.59. The molecule has 1 rings (SSSR count). The first kappa shape index (κ1) is 15.0. The lowest BCUT2D eigenvalue weighted by Crippen LogP contribution is -2.39. The number of carbonyl (C=O) groups excluding carboxylic acids is 1. The van der Waals surface area contributed by atoms with E-state index < -0.39 is 17.9 Å². The first-order valence-electron chi connectivity index (χ1n) is 6.37. The van der Waals surface area contributed by atoms with Crippen molar-refractivity contribution >= 4 is 18.0 Å². The Hall–Kier alpha value is -2.10. The number of hydrogen-bond acceptors (Lipinski definition) is 2. The van der Waals surface area contributed by atoms with Crippen LogP contribution in [0.5, 0.6) is 0 Å². The van der Waals surface area contributed by atoms with Crippen molar-refractivity contribution in [1.29, 1.82) is 0 Å². The highest BCUT2D eigenvalue weighted by molar-refractivity contribution is 5.94. The van der Waals surface area contributed by atoms with E-state index in [0.717, 1.165) is 12.0 Å². The lowest BCUT2D eigenvalue weighted by molar-refractivity contribution is -0.141. The predicted molar refractivity (Wildman–Crippen MR) is 74.7 cm³/mol. The number of benzene rings is 1. The molecule has 4 nitrogen and oxygen atoms in total. The van der Waals surface area contributed by atoms with Crippen LogP contribution in [0.2, 0.25) is 0 Å². The third kappa shape index (κ3) is 4.95. The maximum absolute atomic E-state index is 11.6. The number of carboxylic acid groups (broad SMARTS) is 1. The van der Waals surface area contributed by atoms with Crippen LogP contribution in [-0.2, 0) is 16.0 Å². The van der Waals surface area contributed by atoms with E-state index in [4.69, 9.17) is 5.11 Å². The molecule has 0 bridgehead atoms. The van der Waals surface area contributed by atoms with E-state index in [1.54, 1.807) is 13.0 Å². The molecule has 2 N–H and O–H groups in total. The summed E-state index contributed by atoms with van der Waals surface area (Å²) in [5, 5.41) is 11.3. The number of hydrogen-bond donors (Lipinski definition) is 2. The third-order valence-electron chi connectivity index (χ3n) is 2.84. The molecule has 1 aromatic rings. The topological polar surface area (TPSA) is 66.4 Å². The van der Waals surface area contributed by atoms with Gasteiger partial charge in [0.25, 0.3) is 0 Å². The van der Waals surface area contributed by atoms with Crippen LogP contribution < -0.4 is 5.32 Å². The Balaban J connectivity index is 2.59. The molecule has 0 heterocycles. The van der Waals surface area contributed by atoms with Gasteiger partial charge in [-0.2, -0.15) is 0 Å². The molecule has 0 aliphatic carbocycles. The second-order valence-electron chi connectivity index (χ2n) is 4.24. The summed E-state index contributed by atoms with van der Waals surface area (Å²) < 4.78 is 0. The Morgan fingerprint density at radius 1 is 1.26 bits per heavy atom. The van der Waals surface area contributed by atoms with E-state index in [9.17, 15) is 9.59 Å². The van der Waals surface area contributed by atoms with Gasteiger partial charge in [-0.3, -0.25) is 4.79 Å². The quantitative estimate of drug-likeness (QED) is 0.772. The molecule has 0 aliphatic heterocycles. The molecule has 0 fully saturated rings. The van der Waals surface area contributed by atoms with Gasteiger partial charge in [-0.15, -0.1) is 0 Å². The summed E-state index contributed by atoms with van der Waals surface area (Å²) >= 11 is 0. The number of nitrogens with one attached hydrogen (secondary N) is 1. The Morgan fingerprint density at radius 2 is 1.89 bits per heavy atom. The molecular weight excluding hydrogens is 242 g/mol. The summed E-state index contributed by atoms with van der Waals surface area (Å²) in [5.74, 6) is -1.41. The van der Waals surface area contributed by atoms with Crippen LogP contribution in [0.1, 0.15) is 31.4 Å². The van der Waals surface area contributed by atoms with Crippen LogP contribution in [0.15, 0.2) is 30.3 Å². The molecule has 1 atom stereocenters. The highest BCUT2D eigenvalue weighted by Gasteiger charge is 2.15. The summed E-state index contributed by atoms with van der Waals surface area (Å²) in [7, 11) is 0. The zero-order valence-corrected chi connectivity index (χ0v) is 11.2. The van der Waals surface area contributed by atoms with Crippen molar-refractivity contribution in [3.8, 4) is 0 Å². The van der Waals surface area contributed by atoms with E-state index in [0.29, 0.717) is 6.42 Å². The summed E-state index contributed by atoms with van der Waals surface area (Å²) in [6.07, 6.45) is 4.36. The first-order valence-corrected chi connectivity index (χ1v) is 6.37. The number of carbonyl (C=O) groups is 2. The van der Waals surface area contributed by atoms with Crippen molar-refractivity contribution in [2.24, 2.45) is 0 Å².